The molecular weight excluding hydrogens is 334 g/mol. The van der Waals surface area contributed by atoms with E-state index in [1.54, 1.807) is 19.2 Å². The van der Waals surface area contributed by atoms with Gasteiger partial charge in [-0.05, 0) is 30.3 Å². The lowest BCUT2D eigenvalue weighted by Crippen LogP contribution is -2.27. The number of nitrogens with zero attached hydrogens (tertiary/aromatic N) is 2. The minimum Gasteiger partial charge on any atom is -0.496 e. The van der Waals surface area contributed by atoms with Crippen molar-refractivity contribution in [2.75, 3.05) is 31.2 Å². The van der Waals surface area contributed by atoms with Crippen LogP contribution in [0, 0.1) is 0 Å². The van der Waals surface area contributed by atoms with Crippen LogP contribution in [0.25, 0.3) is 22.3 Å². The van der Waals surface area contributed by atoms with Crippen LogP contribution in [0.5, 0.6) is 5.75 Å². The van der Waals surface area contributed by atoms with Crippen LogP contribution < -0.4 is 21.1 Å². The minimum absolute atomic E-state index is 0.243. The van der Waals surface area contributed by atoms with Gasteiger partial charge in [-0.2, -0.15) is 0 Å². The maximum atomic E-state index is 10.6. The van der Waals surface area contributed by atoms with Gasteiger partial charge in [-0.3, -0.25) is 0 Å². The van der Waals surface area contributed by atoms with E-state index in [1.807, 2.05) is 30.3 Å². The van der Waals surface area contributed by atoms with Crippen molar-refractivity contribution in [3.63, 3.8) is 0 Å². The molecule has 1 amide bonds. The van der Waals surface area contributed by atoms with E-state index in [-0.39, 0.29) is 6.54 Å². The predicted octanol–water partition coefficient (Wildman–Crippen LogP) is 2.57. The number of nitrogens with one attached hydrogen (secondary N) is 2. The highest BCUT2D eigenvalue weighted by Crippen LogP contribution is 2.31. The number of benzene rings is 2. The van der Waals surface area contributed by atoms with Crippen molar-refractivity contribution in [2.24, 2.45) is 0 Å². The van der Waals surface area contributed by atoms with Crippen molar-refractivity contribution >= 4 is 28.5 Å². The third-order valence-electron chi connectivity index (χ3n) is 3.76. The Morgan fingerprint density at radius 3 is 2.77 bits per heavy atom. The molecule has 5 N–H and O–H groups in total. The summed E-state index contributed by atoms with van der Waals surface area (Å²) < 4.78 is 5.40. The molecule has 0 saturated heterocycles. The number of nitrogen functional groups attached to an aromatic ring is 1. The summed E-state index contributed by atoms with van der Waals surface area (Å²) in [6.45, 7) is 0.617. The molecule has 1 aromatic heterocycles. The molecule has 8 heteroatoms. The Morgan fingerprint density at radius 2 is 2.00 bits per heavy atom. The van der Waals surface area contributed by atoms with Crippen molar-refractivity contribution in [3.05, 3.63) is 42.5 Å². The molecule has 0 saturated carbocycles. The summed E-state index contributed by atoms with van der Waals surface area (Å²) in [4.78, 5) is 19.8. The maximum Gasteiger partial charge on any atom is 0.404 e. The molecule has 0 spiro atoms. The monoisotopic (exact) mass is 353 g/mol. The molecule has 0 radical (unpaired) electrons. The highest BCUT2D eigenvalue weighted by molar-refractivity contribution is 5.93. The van der Waals surface area contributed by atoms with Crippen LogP contribution in [0.15, 0.2) is 42.5 Å². The average molecular weight is 353 g/mol. The van der Waals surface area contributed by atoms with Crippen LogP contribution in [0.4, 0.5) is 16.3 Å². The molecule has 8 nitrogen and oxygen atoms in total. The van der Waals surface area contributed by atoms with E-state index < -0.39 is 6.09 Å². The standard InChI is InChI=1S/C18H19N5O3/c1-26-15-5-3-2-4-12(15)17-22-14-7-6-11(19)10-13(14)16(23-17)20-8-9-21-18(24)25/h2-7,10,21H,8-9,19H2,1H3,(H,24,25)(H,20,22,23). The molecule has 0 bridgehead atoms. The van der Waals surface area contributed by atoms with Gasteiger partial charge in [0.2, 0.25) is 0 Å². The van der Waals surface area contributed by atoms with E-state index >= 15 is 0 Å². The summed E-state index contributed by atoms with van der Waals surface area (Å²) in [5.41, 5.74) is 7.97. The molecule has 134 valence electrons. The van der Waals surface area contributed by atoms with E-state index in [0.29, 0.717) is 29.6 Å². The molecule has 0 fully saturated rings. The summed E-state index contributed by atoms with van der Waals surface area (Å²) in [6, 6.07) is 12.9. The maximum absolute atomic E-state index is 10.6. The van der Waals surface area contributed by atoms with Crippen LogP contribution in [-0.2, 0) is 0 Å². The van der Waals surface area contributed by atoms with Crippen LogP contribution in [-0.4, -0.2) is 41.4 Å². The number of methoxy groups -OCH3 is 1. The molecule has 3 aromatic rings. The third kappa shape index (κ3) is 3.75. The van der Waals surface area contributed by atoms with E-state index in [2.05, 4.69) is 20.6 Å². The number of amides is 1. The number of fused-ring (bicyclic) bond motifs is 1. The van der Waals surface area contributed by atoms with Gasteiger partial charge in [0.1, 0.15) is 11.6 Å². The van der Waals surface area contributed by atoms with E-state index in [0.717, 1.165) is 16.5 Å². The van der Waals surface area contributed by atoms with Gasteiger partial charge in [0.15, 0.2) is 5.82 Å². The van der Waals surface area contributed by atoms with Gasteiger partial charge in [0, 0.05) is 24.2 Å². The summed E-state index contributed by atoms with van der Waals surface area (Å²) in [7, 11) is 1.59. The lowest BCUT2D eigenvalue weighted by Gasteiger charge is -2.13. The Kier molecular flexibility index (Phi) is 5.02. The lowest BCUT2D eigenvalue weighted by atomic mass is 10.1. The van der Waals surface area contributed by atoms with Crippen LogP contribution in [0.1, 0.15) is 0 Å². The van der Waals surface area contributed by atoms with E-state index in [1.165, 1.54) is 0 Å². The first-order chi connectivity index (χ1) is 12.6. The second kappa shape index (κ2) is 7.56. The fourth-order valence-electron chi connectivity index (χ4n) is 2.58. The van der Waals surface area contributed by atoms with Crippen molar-refractivity contribution in [3.8, 4) is 17.1 Å². The van der Waals surface area contributed by atoms with Crippen LogP contribution in [0.3, 0.4) is 0 Å². The van der Waals surface area contributed by atoms with E-state index in [4.69, 9.17) is 15.6 Å². The van der Waals surface area contributed by atoms with Gasteiger partial charge in [0.05, 0.1) is 18.2 Å². The summed E-state index contributed by atoms with van der Waals surface area (Å²) >= 11 is 0. The van der Waals surface area contributed by atoms with Crippen molar-refractivity contribution in [1.82, 2.24) is 15.3 Å². The van der Waals surface area contributed by atoms with Crippen LogP contribution in [0.2, 0.25) is 0 Å². The predicted molar refractivity (Wildman–Crippen MR) is 100 cm³/mol. The number of rotatable bonds is 6. The number of aromatic nitrogens is 2. The van der Waals surface area contributed by atoms with Crippen molar-refractivity contribution in [2.45, 2.75) is 0 Å². The molecule has 1 heterocycles. The normalized spacial score (nSPS) is 10.5. The van der Waals surface area contributed by atoms with Gasteiger partial charge in [-0.15, -0.1) is 0 Å². The summed E-state index contributed by atoms with van der Waals surface area (Å²) in [6.07, 6.45) is -1.07. The first-order valence-electron chi connectivity index (χ1n) is 8.00. The van der Waals surface area contributed by atoms with Gasteiger partial charge < -0.3 is 26.2 Å². The number of ether oxygens (including phenoxy) is 1. The zero-order valence-corrected chi connectivity index (χ0v) is 14.2. The first-order valence-corrected chi connectivity index (χ1v) is 8.00. The van der Waals surface area contributed by atoms with Crippen molar-refractivity contribution < 1.29 is 14.6 Å². The van der Waals surface area contributed by atoms with Crippen LogP contribution >= 0.6 is 0 Å². The SMILES string of the molecule is COc1ccccc1-c1nc(NCCNC(=O)O)c2cc(N)ccc2n1. The topological polar surface area (TPSA) is 122 Å². The fourth-order valence-corrected chi connectivity index (χ4v) is 2.58. The summed E-state index contributed by atoms with van der Waals surface area (Å²) in [5, 5.41) is 14.9. The first kappa shape index (κ1) is 17.3. The summed E-state index contributed by atoms with van der Waals surface area (Å²) in [5.74, 6) is 1.75. The molecule has 0 aliphatic rings. The number of nitrogens with two attached hydrogens (primary N) is 1. The second-order valence-corrected chi connectivity index (χ2v) is 5.53. The Balaban J connectivity index is 2.03. The third-order valence-corrected chi connectivity index (χ3v) is 3.76. The highest BCUT2D eigenvalue weighted by atomic mass is 16.5. The smallest absolute Gasteiger partial charge is 0.404 e. The molecule has 3 rings (SSSR count). The largest absolute Gasteiger partial charge is 0.496 e. The minimum atomic E-state index is -1.07. The number of para-hydroxylation sites is 1. The number of anilines is 2. The average Bonchev–Trinajstić information content (AvgIpc) is 2.65. The van der Waals surface area contributed by atoms with Crippen molar-refractivity contribution in [1.29, 1.82) is 0 Å². The number of carboxylic acid groups (broad SMARTS) is 1. The molecular formula is C18H19N5O3. The Bertz CT molecular complexity index is 945. The van der Waals surface area contributed by atoms with E-state index in [9.17, 15) is 4.79 Å². The second-order valence-electron chi connectivity index (χ2n) is 5.53. The zero-order chi connectivity index (χ0) is 18.5. The van der Waals surface area contributed by atoms with Gasteiger partial charge in [0.25, 0.3) is 0 Å². The van der Waals surface area contributed by atoms with Gasteiger partial charge in [-0.25, -0.2) is 14.8 Å². The van der Waals surface area contributed by atoms with Gasteiger partial charge in [-0.1, -0.05) is 12.1 Å². The Labute approximate surface area is 150 Å². The molecule has 0 atom stereocenters. The van der Waals surface area contributed by atoms with Gasteiger partial charge >= 0.3 is 6.09 Å². The number of carbonyl (C=O) groups is 1. The Morgan fingerprint density at radius 1 is 1.19 bits per heavy atom. The highest BCUT2D eigenvalue weighted by Gasteiger charge is 2.13. The zero-order valence-electron chi connectivity index (χ0n) is 14.2. The molecule has 0 aliphatic carbocycles. The molecule has 2 aromatic carbocycles. The molecule has 0 unspecified atom stereocenters. The number of hydrogen-bond donors (Lipinski definition) is 4. The molecule has 26 heavy (non-hydrogen) atoms. The quantitative estimate of drug-likeness (QED) is 0.397. The fraction of sp³-hybridized carbons (Fsp3) is 0.167. The lowest BCUT2D eigenvalue weighted by molar-refractivity contribution is 0.195. The molecule has 0 aliphatic heterocycles. The Hall–Kier alpha value is -3.55. The number of hydrogen-bond acceptors (Lipinski definition) is 6.